The van der Waals surface area contributed by atoms with Crippen LogP contribution < -0.4 is 14.8 Å². The van der Waals surface area contributed by atoms with Gasteiger partial charge in [-0.15, -0.1) is 0 Å². The highest BCUT2D eigenvalue weighted by atomic mass is 32.1. The standard InChI is InChI=1S/C22H24N4O2S/c1-26-9-8-15(13-18(26)21-24-16-4-2-3-5-17(16)25-21)23-22(29)14-6-7-19-20(12-14)28-11-10-27-19/h2-7,12,15,18H,8-11,13H2,1H3,(H,23,29)(H,24,25)/t15-,18-/m1/s1. The van der Waals surface area contributed by atoms with Crippen molar-refractivity contribution in [2.75, 3.05) is 26.8 Å². The highest BCUT2D eigenvalue weighted by Crippen LogP contribution is 2.32. The normalized spacial score (nSPS) is 21.8. The SMILES string of the molecule is CN1CC[C@@H](NC(=S)c2ccc3c(c2)OCCO3)C[C@@H]1c1nc2ccccc2[nH]1. The van der Waals surface area contributed by atoms with Gasteiger partial charge in [0, 0.05) is 18.2 Å². The van der Waals surface area contributed by atoms with Gasteiger partial charge in [-0.1, -0.05) is 24.4 Å². The average molecular weight is 409 g/mol. The molecule has 2 aliphatic rings. The van der Waals surface area contributed by atoms with Crippen molar-refractivity contribution in [3.8, 4) is 11.5 Å². The maximum Gasteiger partial charge on any atom is 0.162 e. The number of aromatic amines is 1. The fourth-order valence-electron chi connectivity index (χ4n) is 4.12. The molecule has 0 saturated carbocycles. The van der Waals surface area contributed by atoms with Crippen LogP contribution in [0.3, 0.4) is 0 Å². The number of nitrogens with one attached hydrogen (secondary N) is 2. The summed E-state index contributed by atoms with van der Waals surface area (Å²) in [5.41, 5.74) is 3.05. The van der Waals surface area contributed by atoms with Gasteiger partial charge in [0.05, 0.1) is 17.1 Å². The van der Waals surface area contributed by atoms with E-state index in [4.69, 9.17) is 26.7 Å². The van der Waals surface area contributed by atoms with Gasteiger partial charge in [-0.05, 0) is 50.2 Å². The smallest absolute Gasteiger partial charge is 0.162 e. The Morgan fingerprint density at radius 2 is 2.00 bits per heavy atom. The van der Waals surface area contributed by atoms with E-state index in [0.717, 1.165) is 58.3 Å². The van der Waals surface area contributed by atoms with Gasteiger partial charge in [-0.3, -0.25) is 4.90 Å². The first kappa shape index (κ1) is 18.4. The molecule has 3 heterocycles. The molecular weight excluding hydrogens is 384 g/mol. The van der Waals surface area contributed by atoms with Crippen molar-refractivity contribution in [3.63, 3.8) is 0 Å². The minimum Gasteiger partial charge on any atom is -0.486 e. The van der Waals surface area contributed by atoms with Gasteiger partial charge >= 0.3 is 0 Å². The molecule has 2 aromatic carbocycles. The molecule has 2 N–H and O–H groups in total. The number of fused-ring (bicyclic) bond motifs is 2. The van der Waals surface area contributed by atoms with Crippen LogP contribution in [0.1, 0.15) is 30.3 Å². The van der Waals surface area contributed by atoms with Gasteiger partial charge in [0.1, 0.15) is 24.0 Å². The van der Waals surface area contributed by atoms with E-state index in [1.165, 1.54) is 0 Å². The van der Waals surface area contributed by atoms with Gasteiger partial charge in [0.2, 0.25) is 0 Å². The van der Waals surface area contributed by atoms with Gasteiger partial charge in [0.25, 0.3) is 0 Å². The number of aromatic nitrogens is 2. The summed E-state index contributed by atoms with van der Waals surface area (Å²) in [4.78, 5) is 11.4. The van der Waals surface area contributed by atoms with E-state index in [9.17, 15) is 0 Å². The summed E-state index contributed by atoms with van der Waals surface area (Å²) in [7, 11) is 2.16. The Morgan fingerprint density at radius 3 is 2.86 bits per heavy atom. The van der Waals surface area contributed by atoms with Crippen molar-refractivity contribution in [2.24, 2.45) is 0 Å². The number of para-hydroxylation sites is 2. The number of benzene rings is 2. The topological polar surface area (TPSA) is 62.4 Å². The van der Waals surface area contributed by atoms with Crippen molar-refractivity contribution < 1.29 is 9.47 Å². The zero-order valence-corrected chi connectivity index (χ0v) is 17.2. The van der Waals surface area contributed by atoms with Crippen molar-refractivity contribution in [3.05, 3.63) is 53.9 Å². The summed E-state index contributed by atoms with van der Waals surface area (Å²) in [5.74, 6) is 2.57. The second-order valence-corrected chi connectivity index (χ2v) is 8.10. The van der Waals surface area contributed by atoms with Gasteiger partial charge in [-0.2, -0.15) is 0 Å². The third kappa shape index (κ3) is 3.68. The summed E-state index contributed by atoms with van der Waals surface area (Å²) in [5, 5.41) is 3.56. The van der Waals surface area contributed by atoms with Crippen LogP contribution in [-0.4, -0.2) is 52.7 Å². The van der Waals surface area contributed by atoms with Crippen molar-refractivity contribution in [2.45, 2.75) is 24.9 Å². The molecule has 0 spiro atoms. The second kappa shape index (κ2) is 7.65. The molecule has 0 bridgehead atoms. The Balaban J connectivity index is 1.30. The molecule has 0 aliphatic carbocycles. The number of likely N-dealkylation sites (tertiary alicyclic amines) is 1. The molecule has 0 radical (unpaired) electrons. The van der Waals surface area contributed by atoms with Gasteiger partial charge < -0.3 is 19.8 Å². The largest absolute Gasteiger partial charge is 0.486 e. The van der Waals surface area contributed by atoms with Crippen LogP contribution in [0.4, 0.5) is 0 Å². The number of nitrogens with zero attached hydrogens (tertiary/aromatic N) is 2. The first-order chi connectivity index (χ1) is 14.2. The van der Waals surface area contributed by atoms with Crippen LogP contribution in [0, 0.1) is 0 Å². The molecular formula is C22H24N4O2S. The van der Waals surface area contributed by atoms with E-state index in [2.05, 4.69) is 28.3 Å². The number of ether oxygens (including phenoxy) is 2. The van der Waals surface area contributed by atoms with Crippen molar-refractivity contribution >= 4 is 28.2 Å². The third-order valence-electron chi connectivity index (χ3n) is 5.73. The van der Waals surface area contributed by atoms with E-state index in [1.807, 2.05) is 36.4 Å². The quantitative estimate of drug-likeness (QED) is 0.648. The minimum atomic E-state index is 0.233. The molecule has 5 rings (SSSR count). The lowest BCUT2D eigenvalue weighted by Gasteiger charge is -2.36. The molecule has 2 atom stereocenters. The number of hydrogen-bond acceptors (Lipinski definition) is 5. The molecule has 6 nitrogen and oxygen atoms in total. The van der Waals surface area contributed by atoms with Crippen molar-refractivity contribution in [1.82, 2.24) is 20.2 Å². The summed E-state index contributed by atoms with van der Waals surface area (Å²) < 4.78 is 11.3. The maximum atomic E-state index is 5.70. The number of H-pyrrole nitrogens is 1. The highest BCUT2D eigenvalue weighted by Gasteiger charge is 2.30. The lowest BCUT2D eigenvalue weighted by Crippen LogP contribution is -2.44. The van der Waals surface area contributed by atoms with Crippen LogP contribution in [0.15, 0.2) is 42.5 Å². The predicted octanol–water partition coefficient (Wildman–Crippen LogP) is 3.43. The van der Waals surface area contributed by atoms with Crippen LogP contribution in [0.5, 0.6) is 11.5 Å². The number of piperidine rings is 1. The Kier molecular flexibility index (Phi) is 4.85. The Labute approximate surface area is 175 Å². The first-order valence-electron chi connectivity index (χ1n) is 10.0. The Bertz CT molecular complexity index is 1020. The highest BCUT2D eigenvalue weighted by molar-refractivity contribution is 7.80. The molecule has 1 fully saturated rings. The summed E-state index contributed by atoms with van der Waals surface area (Å²) in [6.07, 6.45) is 1.99. The molecule has 2 aliphatic heterocycles. The molecule has 1 aromatic heterocycles. The molecule has 29 heavy (non-hydrogen) atoms. The molecule has 0 unspecified atom stereocenters. The lowest BCUT2D eigenvalue weighted by molar-refractivity contribution is 0.159. The zero-order chi connectivity index (χ0) is 19.8. The van der Waals surface area contributed by atoms with Gasteiger partial charge in [0.15, 0.2) is 11.5 Å². The van der Waals surface area contributed by atoms with E-state index >= 15 is 0 Å². The van der Waals surface area contributed by atoms with Crippen molar-refractivity contribution in [1.29, 1.82) is 0 Å². The Morgan fingerprint density at radius 1 is 1.17 bits per heavy atom. The monoisotopic (exact) mass is 408 g/mol. The lowest BCUT2D eigenvalue weighted by atomic mass is 9.97. The van der Waals surface area contributed by atoms with Gasteiger partial charge in [-0.25, -0.2) is 4.98 Å². The molecule has 0 amide bonds. The summed E-state index contributed by atoms with van der Waals surface area (Å²) in [6.45, 7) is 2.15. The number of rotatable bonds is 3. The first-order valence-corrected chi connectivity index (χ1v) is 10.4. The summed E-state index contributed by atoms with van der Waals surface area (Å²) >= 11 is 5.70. The van der Waals surface area contributed by atoms with Crippen LogP contribution >= 0.6 is 12.2 Å². The average Bonchev–Trinajstić information content (AvgIpc) is 3.18. The van der Waals surface area contributed by atoms with Crippen LogP contribution in [0.25, 0.3) is 11.0 Å². The Hall–Kier alpha value is -2.64. The number of hydrogen-bond donors (Lipinski definition) is 2. The fourth-order valence-corrected chi connectivity index (χ4v) is 4.41. The predicted molar refractivity (Wildman–Crippen MR) is 117 cm³/mol. The molecule has 7 heteroatoms. The van der Waals surface area contributed by atoms with E-state index in [0.29, 0.717) is 19.3 Å². The minimum absolute atomic E-state index is 0.233. The molecule has 3 aromatic rings. The second-order valence-electron chi connectivity index (χ2n) is 7.69. The van der Waals surface area contributed by atoms with E-state index < -0.39 is 0 Å². The van der Waals surface area contributed by atoms with Crippen LogP contribution in [0.2, 0.25) is 0 Å². The van der Waals surface area contributed by atoms with E-state index in [-0.39, 0.29) is 6.04 Å². The zero-order valence-electron chi connectivity index (χ0n) is 16.4. The third-order valence-corrected chi connectivity index (χ3v) is 6.09. The number of imidazole rings is 1. The maximum absolute atomic E-state index is 5.70. The fraction of sp³-hybridized carbons (Fsp3) is 0.364. The summed E-state index contributed by atoms with van der Waals surface area (Å²) in [6, 6.07) is 14.6. The molecule has 150 valence electrons. The van der Waals surface area contributed by atoms with Crippen LogP contribution in [-0.2, 0) is 0 Å². The molecule has 1 saturated heterocycles. The number of thiocarbonyl (C=S) groups is 1. The van der Waals surface area contributed by atoms with E-state index in [1.54, 1.807) is 0 Å².